The molecule has 5 nitrogen and oxygen atoms in total. The summed E-state index contributed by atoms with van der Waals surface area (Å²) in [6, 6.07) is 0. The summed E-state index contributed by atoms with van der Waals surface area (Å²) < 4.78 is 4.90. The number of rotatable bonds is 1. The molecule has 1 rings (SSSR count). The van der Waals surface area contributed by atoms with Crippen LogP contribution >= 0.6 is 0 Å². The van der Waals surface area contributed by atoms with Crippen LogP contribution in [0, 0.1) is 0 Å². The van der Waals surface area contributed by atoms with E-state index in [1.54, 1.807) is 0 Å². The first-order valence-corrected chi connectivity index (χ1v) is 5.06. The normalized spacial score (nSPS) is 26.2. The molecule has 1 saturated heterocycles. The van der Waals surface area contributed by atoms with Gasteiger partial charge in [-0.2, -0.15) is 5.06 Å². The fraction of sp³-hybridized carbons (Fsp3) is 0.900. The molecule has 1 heterocycles. The fourth-order valence-corrected chi connectivity index (χ4v) is 2.41. The van der Waals surface area contributed by atoms with Gasteiger partial charge in [-0.25, -0.2) is 0 Å². The molecule has 1 radical (unpaired) electrons. The van der Waals surface area contributed by atoms with E-state index in [-0.39, 0.29) is 6.10 Å². The van der Waals surface area contributed by atoms with Crippen LogP contribution < -0.4 is 5.41 Å². The second-order valence-electron chi connectivity index (χ2n) is 5.37. The van der Waals surface area contributed by atoms with E-state index in [9.17, 15) is 5.21 Å². The van der Waals surface area contributed by atoms with Crippen molar-refractivity contribution in [1.29, 1.82) is 0 Å². The molecular weight excluding hydrogens is 196 g/mol. The van der Waals surface area contributed by atoms with Crippen LogP contribution in [0.1, 0.15) is 40.5 Å². The quantitative estimate of drug-likeness (QED) is 0.508. The van der Waals surface area contributed by atoms with Gasteiger partial charge >= 0.3 is 6.08 Å². The van der Waals surface area contributed by atoms with Gasteiger partial charge in [0.2, 0.25) is 0 Å². The summed E-state index contributed by atoms with van der Waals surface area (Å²) in [5.41, 5.74) is -0.885. The zero-order valence-corrected chi connectivity index (χ0v) is 9.69. The summed E-state index contributed by atoms with van der Waals surface area (Å²) in [5.74, 6) is 0. The van der Waals surface area contributed by atoms with E-state index in [1.807, 2.05) is 27.7 Å². The first-order chi connectivity index (χ1) is 6.65. The van der Waals surface area contributed by atoms with Gasteiger partial charge in [0, 0.05) is 23.9 Å². The van der Waals surface area contributed by atoms with E-state index >= 15 is 0 Å². The number of piperidine rings is 1. The third-order valence-electron chi connectivity index (χ3n) is 2.87. The number of hydrogen-bond acceptors (Lipinski definition) is 3. The highest BCUT2D eigenvalue weighted by molar-refractivity contribution is 5.61. The summed E-state index contributed by atoms with van der Waals surface area (Å²) in [6.07, 6.45) is -0.212. The first kappa shape index (κ1) is 12.3. The fourth-order valence-electron chi connectivity index (χ4n) is 2.41. The van der Waals surface area contributed by atoms with Crippen LogP contribution in [0.15, 0.2) is 0 Å². The average molecular weight is 215 g/mol. The summed E-state index contributed by atoms with van der Waals surface area (Å²) in [7, 11) is 0. The van der Waals surface area contributed by atoms with E-state index in [2.05, 4.69) is 0 Å². The van der Waals surface area contributed by atoms with Crippen molar-refractivity contribution in [2.75, 3.05) is 0 Å². The van der Waals surface area contributed by atoms with Crippen molar-refractivity contribution in [3.63, 3.8) is 0 Å². The molecule has 0 saturated carbocycles. The number of hydroxylamine groups is 2. The molecule has 0 bridgehead atoms. The Bertz CT molecular complexity index is 245. The molecule has 0 aliphatic carbocycles. The molecule has 1 aliphatic rings. The average Bonchev–Trinajstić information content (AvgIpc) is 1.97. The van der Waals surface area contributed by atoms with E-state index in [4.69, 9.17) is 15.3 Å². The highest BCUT2D eigenvalue weighted by Crippen LogP contribution is 2.37. The van der Waals surface area contributed by atoms with Gasteiger partial charge in [-0.3, -0.25) is 0 Å². The monoisotopic (exact) mass is 215 g/mol. The zero-order chi connectivity index (χ0) is 11.9. The summed E-state index contributed by atoms with van der Waals surface area (Å²) >= 11 is 0. The van der Waals surface area contributed by atoms with Crippen LogP contribution in [0.4, 0.5) is 0 Å². The van der Waals surface area contributed by atoms with Crippen LogP contribution in [0.25, 0.3) is 0 Å². The van der Waals surface area contributed by atoms with Crippen LogP contribution in [-0.4, -0.2) is 38.6 Å². The predicted molar refractivity (Wildman–Crippen MR) is 55.7 cm³/mol. The highest BCUT2D eigenvalue weighted by Gasteiger charge is 2.46. The molecule has 5 heteroatoms. The Hall–Kier alpha value is -0.810. The zero-order valence-electron chi connectivity index (χ0n) is 9.69. The third kappa shape index (κ3) is 2.60. The van der Waals surface area contributed by atoms with Crippen LogP contribution in [0.5, 0.6) is 0 Å². The topological polar surface area (TPSA) is 75.2 Å². The lowest BCUT2D eigenvalue weighted by molar-refractivity contribution is -0.256. The largest absolute Gasteiger partial charge is 0.465 e. The molecule has 0 amide bonds. The van der Waals surface area contributed by atoms with Gasteiger partial charge in [0.25, 0.3) is 0 Å². The molecule has 87 valence electrons. The van der Waals surface area contributed by atoms with Crippen molar-refractivity contribution in [1.82, 2.24) is 10.5 Å². The number of hydrogen-bond donors (Lipinski definition) is 2. The molecule has 1 aliphatic heterocycles. The standard InChI is InChI=1S/C10H19N2O3/c1-9(2)5-7(15-8(11)13)6-10(3,4)12(9)14/h7,13-14H,5-6H2,1-4H3. The lowest BCUT2D eigenvalue weighted by Crippen LogP contribution is -2.60. The number of ether oxygens (including phenoxy) is 1. The highest BCUT2D eigenvalue weighted by atomic mass is 16.6. The molecule has 0 aromatic heterocycles. The van der Waals surface area contributed by atoms with Gasteiger partial charge < -0.3 is 15.1 Å². The minimum absolute atomic E-state index is 0.289. The van der Waals surface area contributed by atoms with Crippen molar-refractivity contribution in [3.05, 3.63) is 0 Å². The van der Waals surface area contributed by atoms with Gasteiger partial charge in [0.05, 0.1) is 0 Å². The van der Waals surface area contributed by atoms with Gasteiger partial charge in [-0.1, -0.05) is 5.41 Å². The Balaban J connectivity index is 2.79. The molecular formula is C10H19N2O3. The number of nitrogens with zero attached hydrogens (tertiary/aromatic N) is 2. The summed E-state index contributed by atoms with van der Waals surface area (Å²) in [6.45, 7) is 7.55. The molecule has 2 N–H and O–H groups in total. The molecule has 0 unspecified atom stereocenters. The minimum atomic E-state index is -1.00. The van der Waals surface area contributed by atoms with Gasteiger partial charge in [0.15, 0.2) is 0 Å². The molecule has 0 atom stereocenters. The van der Waals surface area contributed by atoms with E-state index in [1.165, 1.54) is 5.06 Å². The maximum atomic E-state index is 9.96. The van der Waals surface area contributed by atoms with Crippen LogP contribution in [0.2, 0.25) is 0 Å². The Morgan fingerprint density at radius 2 is 1.67 bits per heavy atom. The Morgan fingerprint density at radius 1 is 1.27 bits per heavy atom. The van der Waals surface area contributed by atoms with Crippen molar-refractivity contribution >= 4 is 6.08 Å². The Labute approximate surface area is 90.1 Å². The molecule has 1 fully saturated rings. The first-order valence-electron chi connectivity index (χ1n) is 5.06. The maximum Gasteiger partial charge on any atom is 0.405 e. The second-order valence-corrected chi connectivity index (χ2v) is 5.37. The van der Waals surface area contributed by atoms with Crippen molar-refractivity contribution in [2.24, 2.45) is 0 Å². The van der Waals surface area contributed by atoms with E-state index in [0.717, 1.165) is 0 Å². The lowest BCUT2D eigenvalue weighted by atomic mass is 9.80. The second kappa shape index (κ2) is 3.64. The SMILES string of the molecule is CC1(C)CC(OC(=[N])O)CC(C)(C)N1O. The van der Waals surface area contributed by atoms with Gasteiger partial charge in [-0.05, 0) is 27.7 Å². The number of aliphatic hydroxyl groups is 1. The summed E-state index contributed by atoms with van der Waals surface area (Å²) in [5, 5.41) is 28.6. The molecule has 0 aromatic carbocycles. The summed E-state index contributed by atoms with van der Waals surface area (Å²) in [4.78, 5) is 0. The molecule has 0 spiro atoms. The minimum Gasteiger partial charge on any atom is -0.465 e. The lowest BCUT2D eigenvalue weighted by Gasteiger charge is -2.50. The number of aliphatic hydroxyl groups excluding tert-OH is 1. The third-order valence-corrected chi connectivity index (χ3v) is 2.87. The van der Waals surface area contributed by atoms with Gasteiger partial charge in [-0.15, -0.1) is 0 Å². The molecule has 0 aromatic rings. The predicted octanol–water partition coefficient (Wildman–Crippen LogP) is 1.13. The van der Waals surface area contributed by atoms with Crippen molar-refractivity contribution in [3.8, 4) is 0 Å². The molecule has 15 heavy (non-hydrogen) atoms. The van der Waals surface area contributed by atoms with E-state index in [0.29, 0.717) is 12.8 Å². The van der Waals surface area contributed by atoms with Crippen LogP contribution in [0.3, 0.4) is 0 Å². The maximum absolute atomic E-state index is 9.96. The van der Waals surface area contributed by atoms with Gasteiger partial charge in [0.1, 0.15) is 6.10 Å². The van der Waals surface area contributed by atoms with Crippen LogP contribution in [-0.2, 0) is 4.74 Å². The van der Waals surface area contributed by atoms with E-state index < -0.39 is 17.2 Å². The van der Waals surface area contributed by atoms with Crippen molar-refractivity contribution < 1.29 is 15.1 Å². The Morgan fingerprint density at radius 3 is 2.00 bits per heavy atom. The van der Waals surface area contributed by atoms with Crippen molar-refractivity contribution in [2.45, 2.75) is 57.7 Å². The smallest absolute Gasteiger partial charge is 0.405 e. The Kier molecular flexibility index (Phi) is 2.98.